The standard InChI is InChI=1S/C26H30N4O5/c1-17-23(19(3)28-35-14-13-29(4)16-20-9-6-5-7-10-20)25(24(26(31)32)18(2)27-17)21-11-8-12-22(15-21)30(33)34/h5-12,15,25,27H,13-14,16H2,1-4H3,(H,31,32). The Bertz CT molecular complexity index is 1190. The first-order valence-corrected chi connectivity index (χ1v) is 11.2. The molecule has 2 N–H and O–H groups in total. The fourth-order valence-electron chi connectivity index (χ4n) is 4.27. The van der Waals surface area contributed by atoms with Gasteiger partial charge in [-0.2, -0.15) is 0 Å². The van der Waals surface area contributed by atoms with E-state index >= 15 is 0 Å². The molecule has 0 aliphatic carbocycles. The first kappa shape index (κ1) is 25.6. The third kappa shape index (κ3) is 6.33. The van der Waals surface area contributed by atoms with Crippen LogP contribution in [0.1, 0.15) is 37.8 Å². The van der Waals surface area contributed by atoms with Crippen LogP contribution < -0.4 is 5.32 Å². The van der Waals surface area contributed by atoms with Gasteiger partial charge < -0.3 is 15.3 Å². The third-order valence-electron chi connectivity index (χ3n) is 5.86. The van der Waals surface area contributed by atoms with Gasteiger partial charge in [0.05, 0.1) is 16.2 Å². The second kappa shape index (κ2) is 11.4. The first-order chi connectivity index (χ1) is 16.7. The van der Waals surface area contributed by atoms with Crippen LogP contribution >= 0.6 is 0 Å². The normalized spacial score (nSPS) is 16.4. The summed E-state index contributed by atoms with van der Waals surface area (Å²) in [5, 5.41) is 28.7. The molecule has 1 unspecified atom stereocenters. The Balaban J connectivity index is 1.81. The topological polar surface area (TPSA) is 117 Å². The first-order valence-electron chi connectivity index (χ1n) is 11.2. The highest BCUT2D eigenvalue weighted by atomic mass is 16.6. The molecule has 0 saturated heterocycles. The molecule has 1 heterocycles. The Hall–Kier alpha value is -3.98. The Morgan fingerprint density at radius 3 is 2.49 bits per heavy atom. The van der Waals surface area contributed by atoms with Gasteiger partial charge in [-0.1, -0.05) is 47.6 Å². The van der Waals surface area contributed by atoms with E-state index in [0.717, 1.165) is 12.2 Å². The van der Waals surface area contributed by atoms with Crippen LogP contribution in [0.15, 0.2) is 82.3 Å². The maximum absolute atomic E-state index is 12.2. The van der Waals surface area contributed by atoms with E-state index < -0.39 is 16.8 Å². The number of oxime groups is 1. The predicted octanol–water partition coefficient (Wildman–Crippen LogP) is 4.44. The number of carboxylic acids is 1. The molecule has 0 spiro atoms. The van der Waals surface area contributed by atoms with Gasteiger partial charge in [0.1, 0.15) is 6.61 Å². The lowest BCUT2D eigenvalue weighted by atomic mass is 9.78. The maximum Gasteiger partial charge on any atom is 0.334 e. The van der Waals surface area contributed by atoms with Crippen molar-refractivity contribution < 1.29 is 19.7 Å². The molecule has 35 heavy (non-hydrogen) atoms. The number of allylic oxidation sites excluding steroid dienone is 3. The van der Waals surface area contributed by atoms with Crippen molar-refractivity contribution in [1.29, 1.82) is 0 Å². The van der Waals surface area contributed by atoms with Crippen LogP contribution in [0.3, 0.4) is 0 Å². The maximum atomic E-state index is 12.2. The molecule has 184 valence electrons. The summed E-state index contributed by atoms with van der Waals surface area (Å²) >= 11 is 0. The van der Waals surface area contributed by atoms with E-state index in [-0.39, 0.29) is 11.3 Å². The number of rotatable bonds is 10. The average molecular weight is 479 g/mol. The van der Waals surface area contributed by atoms with Crippen molar-refractivity contribution in [3.05, 3.63) is 98.4 Å². The van der Waals surface area contributed by atoms with E-state index in [1.54, 1.807) is 26.0 Å². The van der Waals surface area contributed by atoms with Crippen LogP contribution in [0.2, 0.25) is 0 Å². The highest BCUT2D eigenvalue weighted by Crippen LogP contribution is 2.39. The zero-order valence-corrected chi connectivity index (χ0v) is 20.3. The van der Waals surface area contributed by atoms with E-state index in [0.29, 0.717) is 35.7 Å². The van der Waals surface area contributed by atoms with Gasteiger partial charge in [0.2, 0.25) is 0 Å². The van der Waals surface area contributed by atoms with Crippen molar-refractivity contribution in [2.24, 2.45) is 5.16 Å². The molecule has 9 heteroatoms. The number of aliphatic carboxylic acids is 1. The lowest BCUT2D eigenvalue weighted by molar-refractivity contribution is -0.384. The van der Waals surface area contributed by atoms with Gasteiger partial charge in [0.15, 0.2) is 0 Å². The third-order valence-corrected chi connectivity index (χ3v) is 5.86. The Morgan fingerprint density at radius 2 is 1.83 bits per heavy atom. The highest BCUT2D eigenvalue weighted by molar-refractivity contribution is 6.04. The van der Waals surface area contributed by atoms with Crippen molar-refractivity contribution in [2.45, 2.75) is 33.2 Å². The molecule has 1 aliphatic rings. The SMILES string of the molecule is CC(=NOCCN(C)Cc1ccccc1)C1=C(C)NC(C)=C(C(=O)O)C1c1cccc([N+](=O)[O-])c1. The number of carbonyl (C=O) groups is 1. The van der Waals surface area contributed by atoms with Crippen LogP contribution in [0.25, 0.3) is 0 Å². The fourth-order valence-corrected chi connectivity index (χ4v) is 4.27. The van der Waals surface area contributed by atoms with E-state index in [4.69, 9.17) is 4.84 Å². The molecule has 0 saturated carbocycles. The average Bonchev–Trinajstić information content (AvgIpc) is 2.81. The molecule has 2 aromatic rings. The number of nitrogens with one attached hydrogen (secondary N) is 1. The summed E-state index contributed by atoms with van der Waals surface area (Å²) in [7, 11) is 2.00. The molecule has 3 rings (SSSR count). The number of nitro benzene ring substituents is 1. The number of hydrogen-bond donors (Lipinski definition) is 2. The lowest BCUT2D eigenvalue weighted by Crippen LogP contribution is -2.30. The zero-order valence-electron chi connectivity index (χ0n) is 20.3. The monoisotopic (exact) mass is 478 g/mol. The van der Waals surface area contributed by atoms with Crippen LogP contribution in [-0.2, 0) is 16.2 Å². The van der Waals surface area contributed by atoms with Crippen LogP contribution in [0, 0.1) is 10.1 Å². The molecular formula is C26H30N4O5. The molecule has 0 amide bonds. The molecule has 0 aromatic heterocycles. The number of nitrogens with zero attached hydrogens (tertiary/aromatic N) is 3. The number of nitro groups is 1. The van der Waals surface area contributed by atoms with Gasteiger partial charge in [-0.3, -0.25) is 15.0 Å². The number of benzene rings is 2. The van der Waals surface area contributed by atoms with E-state index in [2.05, 4.69) is 27.5 Å². The van der Waals surface area contributed by atoms with Crippen LogP contribution in [-0.4, -0.2) is 46.8 Å². The highest BCUT2D eigenvalue weighted by Gasteiger charge is 2.35. The molecule has 1 atom stereocenters. The molecule has 0 radical (unpaired) electrons. The second-order valence-electron chi connectivity index (χ2n) is 8.53. The summed E-state index contributed by atoms with van der Waals surface area (Å²) < 4.78 is 0. The summed E-state index contributed by atoms with van der Waals surface area (Å²) in [6.45, 7) is 7.03. The molecule has 9 nitrogen and oxygen atoms in total. The second-order valence-corrected chi connectivity index (χ2v) is 8.53. The summed E-state index contributed by atoms with van der Waals surface area (Å²) in [6, 6.07) is 16.2. The number of likely N-dealkylation sites (N-methyl/N-ethyl adjacent to an activating group) is 1. The van der Waals surface area contributed by atoms with Crippen molar-refractivity contribution in [3.8, 4) is 0 Å². The Morgan fingerprint density at radius 1 is 1.14 bits per heavy atom. The Kier molecular flexibility index (Phi) is 8.38. The van der Waals surface area contributed by atoms with Crippen molar-refractivity contribution in [1.82, 2.24) is 10.2 Å². The molecular weight excluding hydrogens is 448 g/mol. The molecule has 2 aromatic carbocycles. The quantitative estimate of drug-likeness (QED) is 0.224. The molecule has 0 bridgehead atoms. The number of dihydropyridines is 1. The van der Waals surface area contributed by atoms with Gasteiger partial charge in [-0.25, -0.2) is 4.79 Å². The minimum absolute atomic E-state index is 0.104. The molecule has 1 aliphatic heterocycles. The van der Waals surface area contributed by atoms with Crippen LogP contribution in [0.4, 0.5) is 5.69 Å². The van der Waals surface area contributed by atoms with Gasteiger partial charge in [0, 0.05) is 48.1 Å². The van der Waals surface area contributed by atoms with Crippen molar-refractivity contribution in [2.75, 3.05) is 20.2 Å². The Labute approximate surface area is 204 Å². The number of non-ortho nitro benzene ring substituents is 1. The van der Waals surface area contributed by atoms with E-state index in [1.165, 1.54) is 17.7 Å². The zero-order chi connectivity index (χ0) is 25.5. The van der Waals surface area contributed by atoms with Gasteiger partial charge >= 0.3 is 5.97 Å². The summed E-state index contributed by atoms with van der Waals surface area (Å²) in [5.74, 6) is -1.84. The summed E-state index contributed by atoms with van der Waals surface area (Å²) in [6.07, 6.45) is 0. The number of hydrogen-bond acceptors (Lipinski definition) is 7. The minimum Gasteiger partial charge on any atom is -0.478 e. The fraction of sp³-hybridized carbons (Fsp3) is 0.308. The van der Waals surface area contributed by atoms with Gasteiger partial charge in [-0.15, -0.1) is 0 Å². The summed E-state index contributed by atoms with van der Waals surface area (Å²) in [4.78, 5) is 30.8. The predicted molar refractivity (Wildman–Crippen MR) is 134 cm³/mol. The smallest absolute Gasteiger partial charge is 0.334 e. The lowest BCUT2D eigenvalue weighted by Gasteiger charge is -2.30. The minimum atomic E-state index is -1.10. The van der Waals surface area contributed by atoms with Crippen LogP contribution in [0.5, 0.6) is 0 Å². The van der Waals surface area contributed by atoms with Crippen molar-refractivity contribution in [3.63, 3.8) is 0 Å². The van der Waals surface area contributed by atoms with Gasteiger partial charge in [-0.05, 0) is 38.9 Å². The van der Waals surface area contributed by atoms with Crippen molar-refractivity contribution >= 4 is 17.4 Å². The largest absolute Gasteiger partial charge is 0.478 e. The van der Waals surface area contributed by atoms with E-state index in [1.807, 2.05) is 32.2 Å². The van der Waals surface area contributed by atoms with Gasteiger partial charge in [0.25, 0.3) is 5.69 Å². The summed E-state index contributed by atoms with van der Waals surface area (Å²) in [5.41, 5.74) is 4.03. The molecule has 0 fully saturated rings. The number of carboxylic acid groups (broad SMARTS) is 1. The van der Waals surface area contributed by atoms with E-state index in [9.17, 15) is 20.0 Å².